The van der Waals surface area contributed by atoms with Gasteiger partial charge in [0.15, 0.2) is 0 Å². The SMILES string of the molecule is CC(C)CC(=O)N(CCCN)C(C)C. The maximum absolute atomic E-state index is 11.8. The zero-order chi connectivity index (χ0) is 11.1. The lowest BCUT2D eigenvalue weighted by atomic mass is 10.1. The zero-order valence-corrected chi connectivity index (χ0v) is 9.92. The van der Waals surface area contributed by atoms with Crippen molar-refractivity contribution in [2.75, 3.05) is 13.1 Å². The zero-order valence-electron chi connectivity index (χ0n) is 9.92. The lowest BCUT2D eigenvalue weighted by Gasteiger charge is -2.27. The number of hydrogen-bond acceptors (Lipinski definition) is 2. The van der Waals surface area contributed by atoms with Gasteiger partial charge in [-0.1, -0.05) is 13.8 Å². The Bertz CT molecular complexity index is 167. The van der Waals surface area contributed by atoms with Crippen molar-refractivity contribution in [2.45, 2.75) is 46.6 Å². The van der Waals surface area contributed by atoms with E-state index in [1.165, 1.54) is 0 Å². The minimum atomic E-state index is 0.253. The first-order chi connectivity index (χ1) is 6.49. The van der Waals surface area contributed by atoms with Gasteiger partial charge in [-0.05, 0) is 32.7 Å². The lowest BCUT2D eigenvalue weighted by molar-refractivity contribution is -0.133. The molecule has 3 nitrogen and oxygen atoms in total. The fourth-order valence-electron chi connectivity index (χ4n) is 1.40. The van der Waals surface area contributed by atoms with Crippen LogP contribution in [-0.2, 0) is 4.79 Å². The number of nitrogens with two attached hydrogens (primary N) is 1. The van der Waals surface area contributed by atoms with Crippen molar-refractivity contribution < 1.29 is 4.79 Å². The van der Waals surface area contributed by atoms with Crippen LogP contribution in [0, 0.1) is 5.92 Å². The van der Waals surface area contributed by atoms with Crippen molar-refractivity contribution in [2.24, 2.45) is 11.7 Å². The summed E-state index contributed by atoms with van der Waals surface area (Å²) in [5, 5.41) is 0. The normalized spacial score (nSPS) is 11.1. The summed E-state index contributed by atoms with van der Waals surface area (Å²) in [6, 6.07) is 0.285. The Hall–Kier alpha value is -0.570. The smallest absolute Gasteiger partial charge is 0.223 e. The number of amides is 1. The molecule has 0 bridgehead atoms. The van der Waals surface area contributed by atoms with Crippen LogP contribution in [0.25, 0.3) is 0 Å². The Kier molecular flexibility index (Phi) is 6.54. The molecule has 0 aromatic rings. The summed E-state index contributed by atoms with van der Waals surface area (Å²) in [5.41, 5.74) is 5.44. The first-order valence-electron chi connectivity index (χ1n) is 5.48. The van der Waals surface area contributed by atoms with Crippen LogP contribution in [0.5, 0.6) is 0 Å². The molecule has 0 saturated carbocycles. The molecule has 1 amide bonds. The summed E-state index contributed by atoms with van der Waals surface area (Å²) < 4.78 is 0. The molecule has 0 aliphatic heterocycles. The number of nitrogens with zero attached hydrogens (tertiary/aromatic N) is 1. The van der Waals surface area contributed by atoms with Gasteiger partial charge in [-0.25, -0.2) is 0 Å². The van der Waals surface area contributed by atoms with Crippen LogP contribution in [0.15, 0.2) is 0 Å². The number of carbonyl (C=O) groups is 1. The van der Waals surface area contributed by atoms with Gasteiger partial charge in [0.05, 0.1) is 0 Å². The van der Waals surface area contributed by atoms with Crippen molar-refractivity contribution >= 4 is 5.91 Å². The Balaban J connectivity index is 4.11. The molecule has 0 saturated heterocycles. The van der Waals surface area contributed by atoms with Crippen LogP contribution < -0.4 is 5.73 Å². The highest BCUT2D eigenvalue weighted by Crippen LogP contribution is 2.08. The molecule has 0 aliphatic carbocycles. The molecule has 84 valence electrons. The van der Waals surface area contributed by atoms with E-state index in [1.807, 2.05) is 4.90 Å². The second-order valence-electron chi connectivity index (χ2n) is 4.42. The predicted molar refractivity (Wildman–Crippen MR) is 60.0 cm³/mol. The Labute approximate surface area is 87.6 Å². The Morgan fingerprint density at radius 2 is 1.86 bits per heavy atom. The predicted octanol–water partition coefficient (Wildman–Crippen LogP) is 1.62. The molecule has 0 atom stereocenters. The third-order valence-corrected chi connectivity index (χ3v) is 2.13. The van der Waals surface area contributed by atoms with Gasteiger partial charge in [-0.3, -0.25) is 4.79 Å². The van der Waals surface area contributed by atoms with Crippen molar-refractivity contribution in [3.63, 3.8) is 0 Å². The van der Waals surface area contributed by atoms with E-state index < -0.39 is 0 Å². The van der Waals surface area contributed by atoms with Crippen LogP contribution in [0.2, 0.25) is 0 Å². The minimum absolute atomic E-state index is 0.253. The Morgan fingerprint density at radius 1 is 1.29 bits per heavy atom. The molecule has 3 heteroatoms. The van der Waals surface area contributed by atoms with E-state index in [9.17, 15) is 4.79 Å². The summed E-state index contributed by atoms with van der Waals surface area (Å²) >= 11 is 0. The van der Waals surface area contributed by atoms with E-state index in [0.29, 0.717) is 18.9 Å². The van der Waals surface area contributed by atoms with Gasteiger partial charge in [0.25, 0.3) is 0 Å². The van der Waals surface area contributed by atoms with Crippen LogP contribution in [0.4, 0.5) is 0 Å². The summed E-state index contributed by atoms with van der Waals surface area (Å²) in [7, 11) is 0. The highest BCUT2D eigenvalue weighted by molar-refractivity contribution is 5.76. The first-order valence-corrected chi connectivity index (χ1v) is 5.48. The van der Waals surface area contributed by atoms with Crippen molar-refractivity contribution in [1.82, 2.24) is 4.90 Å². The number of carbonyl (C=O) groups excluding carboxylic acids is 1. The van der Waals surface area contributed by atoms with Gasteiger partial charge >= 0.3 is 0 Å². The number of rotatable bonds is 6. The minimum Gasteiger partial charge on any atom is -0.340 e. The molecule has 0 rings (SSSR count). The summed E-state index contributed by atoms with van der Waals surface area (Å²) in [4.78, 5) is 13.7. The van der Waals surface area contributed by atoms with E-state index in [0.717, 1.165) is 13.0 Å². The standard InChI is InChI=1S/C11H24N2O/c1-9(2)8-11(14)13(10(3)4)7-5-6-12/h9-10H,5-8,12H2,1-4H3. The molecule has 0 heterocycles. The molecule has 0 aromatic heterocycles. The second kappa shape index (κ2) is 6.82. The monoisotopic (exact) mass is 200 g/mol. The average Bonchev–Trinajstić information content (AvgIpc) is 2.02. The van der Waals surface area contributed by atoms with Crippen molar-refractivity contribution in [3.05, 3.63) is 0 Å². The van der Waals surface area contributed by atoms with Crippen LogP contribution in [0.1, 0.15) is 40.5 Å². The van der Waals surface area contributed by atoms with Gasteiger partial charge in [-0.15, -0.1) is 0 Å². The van der Waals surface area contributed by atoms with Crippen LogP contribution in [0.3, 0.4) is 0 Å². The van der Waals surface area contributed by atoms with Gasteiger partial charge in [0, 0.05) is 19.0 Å². The molecule has 0 aliphatic rings. The largest absolute Gasteiger partial charge is 0.340 e. The molecule has 14 heavy (non-hydrogen) atoms. The molecular formula is C11H24N2O. The second-order valence-corrected chi connectivity index (χ2v) is 4.42. The molecule has 0 spiro atoms. The molecule has 0 unspecified atom stereocenters. The van der Waals surface area contributed by atoms with E-state index in [-0.39, 0.29) is 11.9 Å². The first kappa shape index (κ1) is 13.4. The highest BCUT2D eigenvalue weighted by atomic mass is 16.2. The number of hydrogen-bond donors (Lipinski definition) is 1. The third-order valence-electron chi connectivity index (χ3n) is 2.13. The summed E-state index contributed by atoms with van der Waals surface area (Å²) in [6.07, 6.45) is 1.53. The van der Waals surface area contributed by atoms with Gasteiger partial charge in [0.2, 0.25) is 5.91 Å². The van der Waals surface area contributed by atoms with E-state index in [4.69, 9.17) is 5.73 Å². The van der Waals surface area contributed by atoms with Gasteiger partial charge in [0.1, 0.15) is 0 Å². The molecular weight excluding hydrogens is 176 g/mol. The maximum Gasteiger partial charge on any atom is 0.223 e. The molecule has 0 fully saturated rings. The average molecular weight is 200 g/mol. The van der Waals surface area contributed by atoms with E-state index in [2.05, 4.69) is 27.7 Å². The van der Waals surface area contributed by atoms with Gasteiger partial charge < -0.3 is 10.6 Å². The Morgan fingerprint density at radius 3 is 2.21 bits per heavy atom. The van der Waals surface area contributed by atoms with Gasteiger partial charge in [-0.2, -0.15) is 0 Å². The van der Waals surface area contributed by atoms with Crippen molar-refractivity contribution in [3.8, 4) is 0 Å². The molecule has 0 aromatic carbocycles. The fraction of sp³-hybridized carbons (Fsp3) is 0.909. The van der Waals surface area contributed by atoms with E-state index in [1.54, 1.807) is 0 Å². The molecule has 0 radical (unpaired) electrons. The van der Waals surface area contributed by atoms with E-state index >= 15 is 0 Å². The molecule has 2 N–H and O–H groups in total. The summed E-state index contributed by atoms with van der Waals surface area (Å²) in [6.45, 7) is 9.68. The topological polar surface area (TPSA) is 46.3 Å². The quantitative estimate of drug-likeness (QED) is 0.708. The summed E-state index contributed by atoms with van der Waals surface area (Å²) in [5.74, 6) is 0.685. The maximum atomic E-state index is 11.8. The third kappa shape index (κ3) is 5.22. The highest BCUT2D eigenvalue weighted by Gasteiger charge is 2.16. The van der Waals surface area contributed by atoms with Crippen LogP contribution in [-0.4, -0.2) is 29.9 Å². The fourth-order valence-corrected chi connectivity index (χ4v) is 1.40. The van der Waals surface area contributed by atoms with Crippen LogP contribution >= 0.6 is 0 Å². The van der Waals surface area contributed by atoms with Crippen molar-refractivity contribution in [1.29, 1.82) is 0 Å². The lowest BCUT2D eigenvalue weighted by Crippen LogP contribution is -2.38.